The van der Waals surface area contributed by atoms with Gasteiger partial charge in [-0.1, -0.05) is 249 Å². The normalized spacial score (nSPS) is 12.8. The molecule has 2 unspecified atom stereocenters. The summed E-state index contributed by atoms with van der Waals surface area (Å²) in [6, 6.07) is -0.558. The molecule has 0 aromatic carbocycles. The van der Waals surface area contributed by atoms with Crippen LogP contribution in [0.2, 0.25) is 0 Å². The zero-order valence-corrected chi connectivity index (χ0v) is 44.2. The van der Waals surface area contributed by atoms with E-state index in [4.69, 9.17) is 4.74 Å². The number of unbranched alkanes of at least 4 members (excludes halogenated alkanes) is 38. The minimum Gasteiger partial charge on any atom is -0.466 e. The minimum absolute atomic E-state index is 0.0220. The average molecular weight is 929 g/mol. The van der Waals surface area contributed by atoms with Crippen LogP contribution in [0.15, 0.2) is 36.5 Å². The highest BCUT2D eigenvalue weighted by Crippen LogP contribution is 2.17. The molecule has 0 saturated heterocycles. The van der Waals surface area contributed by atoms with Crippen LogP contribution in [0.4, 0.5) is 0 Å². The van der Waals surface area contributed by atoms with Crippen molar-refractivity contribution in [1.82, 2.24) is 5.32 Å². The fraction of sp³-hybridized carbons (Fsp3) is 0.867. The van der Waals surface area contributed by atoms with Crippen molar-refractivity contribution in [2.45, 2.75) is 321 Å². The number of carbonyl (C=O) groups is 2. The Kier molecular flexibility index (Phi) is 54.1. The second kappa shape index (κ2) is 55.7. The Morgan fingerprint density at radius 3 is 1.17 bits per heavy atom. The molecule has 0 aliphatic carbocycles. The van der Waals surface area contributed by atoms with Gasteiger partial charge in [0.05, 0.1) is 25.4 Å². The van der Waals surface area contributed by atoms with E-state index in [0.29, 0.717) is 25.9 Å². The number of amides is 1. The summed E-state index contributed by atoms with van der Waals surface area (Å²) in [5.74, 6) is -0.0788. The van der Waals surface area contributed by atoms with E-state index >= 15 is 0 Å². The number of esters is 1. The first kappa shape index (κ1) is 64.1. The molecule has 66 heavy (non-hydrogen) atoms. The lowest BCUT2D eigenvalue weighted by Gasteiger charge is -2.22. The molecule has 0 aliphatic heterocycles. The zero-order chi connectivity index (χ0) is 47.9. The van der Waals surface area contributed by atoms with Crippen LogP contribution in [0.5, 0.6) is 0 Å². The lowest BCUT2D eigenvalue weighted by atomic mass is 10.0. The second-order valence-corrected chi connectivity index (χ2v) is 20.0. The van der Waals surface area contributed by atoms with Gasteiger partial charge >= 0.3 is 5.97 Å². The molecule has 1 amide bonds. The molecule has 2 atom stereocenters. The van der Waals surface area contributed by atoms with Crippen molar-refractivity contribution < 1.29 is 24.5 Å². The lowest BCUT2D eigenvalue weighted by molar-refractivity contribution is -0.143. The maximum Gasteiger partial charge on any atom is 0.305 e. The van der Waals surface area contributed by atoms with Gasteiger partial charge in [-0.15, -0.1) is 0 Å². The molecule has 6 heteroatoms. The number of allylic oxidation sites excluding steroid dienone is 6. The summed E-state index contributed by atoms with van der Waals surface area (Å²) < 4.78 is 5.46. The van der Waals surface area contributed by atoms with Crippen LogP contribution in [0.3, 0.4) is 0 Å². The van der Waals surface area contributed by atoms with Crippen molar-refractivity contribution in [3.8, 4) is 0 Å². The molecular formula is C60H113NO5. The van der Waals surface area contributed by atoms with Gasteiger partial charge in [0, 0.05) is 12.8 Å². The highest BCUT2D eigenvalue weighted by molar-refractivity contribution is 5.76. The predicted octanol–water partition coefficient (Wildman–Crippen LogP) is 18.0. The van der Waals surface area contributed by atoms with E-state index in [2.05, 4.69) is 55.6 Å². The van der Waals surface area contributed by atoms with Gasteiger partial charge in [0.2, 0.25) is 5.91 Å². The van der Waals surface area contributed by atoms with Gasteiger partial charge in [-0.3, -0.25) is 9.59 Å². The Labute approximate surface area is 411 Å². The van der Waals surface area contributed by atoms with E-state index in [-0.39, 0.29) is 18.5 Å². The number of hydrogen-bond acceptors (Lipinski definition) is 5. The van der Waals surface area contributed by atoms with Crippen molar-refractivity contribution in [1.29, 1.82) is 0 Å². The van der Waals surface area contributed by atoms with Crippen molar-refractivity contribution in [2.75, 3.05) is 13.2 Å². The van der Waals surface area contributed by atoms with Crippen LogP contribution in [0, 0.1) is 0 Å². The number of aliphatic hydroxyl groups excluding tert-OH is 2. The molecule has 0 aliphatic rings. The SMILES string of the molecule is CCCCCCCC/C=C\CCCCCCCCCCCC(=O)OCCCCC/C=C\C=C/CCCCCCCCC(=O)NC(CO)C(O)CCCCCCCCCCCCCCCCC. The highest BCUT2D eigenvalue weighted by atomic mass is 16.5. The number of carbonyl (C=O) groups excluding carboxylic acids is 2. The van der Waals surface area contributed by atoms with Gasteiger partial charge in [0.15, 0.2) is 0 Å². The molecule has 0 aromatic heterocycles. The lowest BCUT2D eigenvalue weighted by Crippen LogP contribution is -2.45. The number of ether oxygens (including phenoxy) is 1. The van der Waals surface area contributed by atoms with Crippen molar-refractivity contribution in [3.05, 3.63) is 36.5 Å². The molecule has 3 N–H and O–H groups in total. The first-order valence-electron chi connectivity index (χ1n) is 29.3. The second-order valence-electron chi connectivity index (χ2n) is 20.0. The topological polar surface area (TPSA) is 95.9 Å². The van der Waals surface area contributed by atoms with E-state index in [1.54, 1.807) is 0 Å². The van der Waals surface area contributed by atoms with Crippen LogP contribution < -0.4 is 5.32 Å². The molecule has 6 nitrogen and oxygen atoms in total. The molecule has 0 bridgehead atoms. The molecule has 0 radical (unpaired) electrons. The number of nitrogens with one attached hydrogen (secondary N) is 1. The third-order valence-corrected chi connectivity index (χ3v) is 13.4. The predicted molar refractivity (Wildman–Crippen MR) is 287 cm³/mol. The maximum absolute atomic E-state index is 12.5. The molecule has 0 heterocycles. The summed E-state index contributed by atoms with van der Waals surface area (Å²) in [6.45, 7) is 4.90. The van der Waals surface area contributed by atoms with Crippen LogP contribution in [-0.2, 0) is 14.3 Å². The summed E-state index contributed by atoms with van der Waals surface area (Å²) in [6.07, 6.45) is 68.5. The molecule has 0 rings (SSSR count). The summed E-state index contributed by atoms with van der Waals surface area (Å²) in [5.41, 5.74) is 0. The zero-order valence-electron chi connectivity index (χ0n) is 44.2. The molecule has 388 valence electrons. The van der Waals surface area contributed by atoms with E-state index in [0.717, 1.165) is 77.0 Å². The Morgan fingerprint density at radius 1 is 0.424 bits per heavy atom. The monoisotopic (exact) mass is 928 g/mol. The molecule has 0 saturated carbocycles. The molecule has 0 spiro atoms. The third kappa shape index (κ3) is 51.5. The van der Waals surface area contributed by atoms with Crippen LogP contribution in [0.1, 0.15) is 309 Å². The Bertz CT molecular complexity index is 1070. The van der Waals surface area contributed by atoms with Gasteiger partial charge in [0.25, 0.3) is 0 Å². The third-order valence-electron chi connectivity index (χ3n) is 13.4. The van der Waals surface area contributed by atoms with Crippen LogP contribution in [-0.4, -0.2) is 47.4 Å². The average Bonchev–Trinajstić information content (AvgIpc) is 3.32. The Morgan fingerprint density at radius 2 is 0.758 bits per heavy atom. The fourth-order valence-electron chi connectivity index (χ4n) is 8.92. The molecule has 0 aromatic rings. The van der Waals surface area contributed by atoms with Crippen molar-refractivity contribution >= 4 is 11.9 Å². The summed E-state index contributed by atoms with van der Waals surface area (Å²) in [5, 5.41) is 23.2. The largest absolute Gasteiger partial charge is 0.466 e. The Hall–Kier alpha value is -1.92. The van der Waals surface area contributed by atoms with Gasteiger partial charge < -0.3 is 20.3 Å². The summed E-state index contributed by atoms with van der Waals surface area (Å²) >= 11 is 0. The van der Waals surface area contributed by atoms with E-state index in [1.165, 1.54) is 199 Å². The molecular weight excluding hydrogens is 815 g/mol. The van der Waals surface area contributed by atoms with Crippen molar-refractivity contribution in [3.63, 3.8) is 0 Å². The van der Waals surface area contributed by atoms with Gasteiger partial charge in [-0.25, -0.2) is 0 Å². The van der Waals surface area contributed by atoms with E-state index in [9.17, 15) is 19.8 Å². The van der Waals surface area contributed by atoms with Crippen LogP contribution in [0.25, 0.3) is 0 Å². The first-order valence-corrected chi connectivity index (χ1v) is 29.3. The maximum atomic E-state index is 12.5. The smallest absolute Gasteiger partial charge is 0.305 e. The quantitative estimate of drug-likeness (QED) is 0.0244. The highest BCUT2D eigenvalue weighted by Gasteiger charge is 2.20. The van der Waals surface area contributed by atoms with Gasteiger partial charge in [0.1, 0.15) is 0 Å². The fourth-order valence-corrected chi connectivity index (χ4v) is 8.92. The van der Waals surface area contributed by atoms with E-state index < -0.39 is 12.1 Å². The van der Waals surface area contributed by atoms with Crippen molar-refractivity contribution in [2.24, 2.45) is 0 Å². The number of hydrogen-bond donors (Lipinski definition) is 3. The van der Waals surface area contributed by atoms with Gasteiger partial charge in [-0.2, -0.15) is 0 Å². The summed E-state index contributed by atoms with van der Waals surface area (Å²) in [4.78, 5) is 24.5. The van der Waals surface area contributed by atoms with Crippen LogP contribution >= 0.6 is 0 Å². The minimum atomic E-state index is -0.679. The number of rotatable bonds is 54. The van der Waals surface area contributed by atoms with Gasteiger partial charge in [-0.05, 0) is 83.5 Å². The first-order chi connectivity index (χ1) is 32.5. The number of aliphatic hydroxyl groups is 2. The van der Waals surface area contributed by atoms with E-state index in [1.807, 2.05) is 0 Å². The Balaban J connectivity index is 3.50. The summed E-state index contributed by atoms with van der Waals surface area (Å²) in [7, 11) is 0. The standard InChI is InChI=1S/C60H113NO5/c1-3-5-7-9-11-13-15-17-19-20-21-22-26-30-34-38-42-46-50-54-60(65)66-55-51-47-43-39-35-31-27-23-25-29-33-37-41-45-49-53-59(64)61-57(56-62)58(63)52-48-44-40-36-32-28-24-18-16-14-12-10-8-6-4-2/h17,19,23,27,31,35,57-58,62-63H,3-16,18,20-22,24-26,28-30,32-34,36-56H2,1-2H3,(H,61,64)/b19-17-,27-23-,35-31-. The molecule has 0 fully saturated rings.